The quantitative estimate of drug-likeness (QED) is 0.145. The number of fused-ring (bicyclic) bond motifs is 6. The average Bonchev–Trinajstić information content (AvgIpc) is 4.16. The number of hydrogen-bond donors (Lipinski definition) is 2. The molecule has 6 heterocycles. The summed E-state index contributed by atoms with van der Waals surface area (Å²) in [6, 6.07) is 13.4. The molecule has 0 unspecified atom stereocenters. The molecule has 63 heavy (non-hydrogen) atoms. The standard InChI is InChI=1S/C48H56N10O5/c1-9-31-30(46-53-33-17-27(19-37(62-7)43(33)56(46)5)47(59)57-22-25-12-14-34(57)39(25)49)21-38(63-8)44(51-31)54-41-26-13-15-35(41)58(23-26)48(60)28-18-32-42(36(20-28)61-6)55(4)45(52-32)29-11-10-16-50-40(29)24(2)3/h10-11,16-21,24-26,34-35,39,41H,9,12-15,22-23,49H2,1-8H3,(H,51,54)/t25-,26-,34-,35-,39-,41-/m1/s1. The first-order valence-electron chi connectivity index (χ1n) is 22.2. The molecular weight excluding hydrogens is 797 g/mol. The minimum Gasteiger partial charge on any atom is -0.494 e. The van der Waals surface area contributed by atoms with Crippen molar-refractivity contribution in [3.8, 4) is 40.0 Å². The van der Waals surface area contributed by atoms with Crippen LogP contribution in [0.4, 0.5) is 5.82 Å². The molecule has 3 N–H and O–H groups in total. The lowest BCUT2D eigenvalue weighted by Crippen LogP contribution is -2.41. The molecule has 2 amide bonds. The third kappa shape index (κ3) is 6.40. The van der Waals surface area contributed by atoms with E-state index in [2.05, 4.69) is 31.1 Å². The van der Waals surface area contributed by atoms with E-state index in [1.807, 2.05) is 81.7 Å². The number of aryl methyl sites for hydroxylation is 3. The second-order valence-electron chi connectivity index (χ2n) is 18.0. The molecule has 0 radical (unpaired) electrons. The molecule has 10 rings (SSSR count). The molecule has 4 aliphatic rings. The van der Waals surface area contributed by atoms with Gasteiger partial charge >= 0.3 is 0 Å². The number of hydrogen-bond acceptors (Lipinski definition) is 11. The van der Waals surface area contributed by atoms with Crippen molar-refractivity contribution < 1.29 is 23.8 Å². The van der Waals surface area contributed by atoms with Gasteiger partial charge in [0, 0.05) is 67.7 Å². The predicted molar refractivity (Wildman–Crippen MR) is 241 cm³/mol. The number of amides is 2. The highest BCUT2D eigenvalue weighted by molar-refractivity contribution is 6.01. The zero-order valence-corrected chi connectivity index (χ0v) is 37.3. The predicted octanol–water partition coefficient (Wildman–Crippen LogP) is 6.57. The summed E-state index contributed by atoms with van der Waals surface area (Å²) in [6.07, 6.45) is 6.33. The van der Waals surface area contributed by atoms with Crippen molar-refractivity contribution in [2.75, 3.05) is 39.7 Å². The van der Waals surface area contributed by atoms with E-state index in [0.29, 0.717) is 76.5 Å². The number of nitrogens with zero attached hydrogens (tertiary/aromatic N) is 8. The highest BCUT2D eigenvalue weighted by atomic mass is 16.5. The van der Waals surface area contributed by atoms with Crippen molar-refractivity contribution in [2.45, 2.75) is 83.0 Å². The lowest BCUT2D eigenvalue weighted by Gasteiger charge is -2.28. The molecule has 2 saturated carbocycles. The number of ether oxygens (including phenoxy) is 3. The van der Waals surface area contributed by atoms with Crippen molar-refractivity contribution in [3.63, 3.8) is 0 Å². The van der Waals surface area contributed by atoms with E-state index in [9.17, 15) is 9.59 Å². The average molecular weight is 853 g/mol. The number of nitrogens with two attached hydrogens (primary N) is 1. The Kier molecular flexibility index (Phi) is 10.1. The van der Waals surface area contributed by atoms with Crippen molar-refractivity contribution in [1.82, 2.24) is 38.9 Å². The summed E-state index contributed by atoms with van der Waals surface area (Å²) in [5, 5.41) is 3.75. The largest absolute Gasteiger partial charge is 0.494 e. The first-order valence-corrected chi connectivity index (χ1v) is 22.2. The molecule has 4 aromatic heterocycles. The van der Waals surface area contributed by atoms with Gasteiger partial charge in [-0.2, -0.15) is 0 Å². The minimum absolute atomic E-state index is 0.0191. The number of imidazole rings is 2. The van der Waals surface area contributed by atoms with Crippen LogP contribution < -0.4 is 25.3 Å². The zero-order chi connectivity index (χ0) is 44.0. The molecule has 4 bridgehead atoms. The van der Waals surface area contributed by atoms with Crippen LogP contribution in [0.5, 0.6) is 17.2 Å². The molecule has 6 aromatic rings. The molecule has 2 aliphatic heterocycles. The Labute approximate surface area is 366 Å². The van der Waals surface area contributed by atoms with Gasteiger partial charge in [-0.1, -0.05) is 20.8 Å². The van der Waals surface area contributed by atoms with Gasteiger partial charge < -0.3 is 44.2 Å². The van der Waals surface area contributed by atoms with Gasteiger partial charge in [-0.3, -0.25) is 14.6 Å². The number of piperidine rings is 2. The van der Waals surface area contributed by atoms with Gasteiger partial charge in [-0.15, -0.1) is 0 Å². The monoisotopic (exact) mass is 852 g/mol. The van der Waals surface area contributed by atoms with Crippen LogP contribution in [0.15, 0.2) is 48.7 Å². The number of anilines is 1. The summed E-state index contributed by atoms with van der Waals surface area (Å²) in [4.78, 5) is 52.3. The molecule has 4 fully saturated rings. The Morgan fingerprint density at radius 2 is 1.33 bits per heavy atom. The number of aromatic nitrogens is 6. The highest BCUT2D eigenvalue weighted by Gasteiger charge is 2.50. The van der Waals surface area contributed by atoms with Crippen LogP contribution in [0.2, 0.25) is 0 Å². The summed E-state index contributed by atoms with van der Waals surface area (Å²) in [6.45, 7) is 7.64. The smallest absolute Gasteiger partial charge is 0.254 e. The van der Waals surface area contributed by atoms with Crippen LogP contribution in [-0.4, -0.2) is 109 Å². The number of carbonyl (C=O) groups excluding carboxylic acids is 2. The van der Waals surface area contributed by atoms with Crippen LogP contribution in [0.25, 0.3) is 44.8 Å². The van der Waals surface area contributed by atoms with Crippen LogP contribution in [0.1, 0.15) is 84.5 Å². The maximum absolute atomic E-state index is 14.5. The topological polar surface area (TPSA) is 168 Å². The fraction of sp³-hybridized carbons (Fsp3) is 0.458. The molecule has 2 aromatic carbocycles. The van der Waals surface area contributed by atoms with E-state index in [1.54, 1.807) is 21.3 Å². The minimum atomic E-state index is -0.0476. The van der Waals surface area contributed by atoms with Crippen LogP contribution in [-0.2, 0) is 20.5 Å². The molecule has 2 saturated heterocycles. The van der Waals surface area contributed by atoms with Crippen LogP contribution in [0.3, 0.4) is 0 Å². The molecule has 328 valence electrons. The van der Waals surface area contributed by atoms with Gasteiger partial charge in [0.25, 0.3) is 11.8 Å². The fourth-order valence-electron chi connectivity index (χ4n) is 11.2. The number of likely N-dealkylation sites (tertiary alicyclic amines) is 2. The summed E-state index contributed by atoms with van der Waals surface area (Å²) in [7, 11) is 8.83. The van der Waals surface area contributed by atoms with Gasteiger partial charge in [-0.25, -0.2) is 15.0 Å². The number of pyridine rings is 2. The highest BCUT2D eigenvalue weighted by Crippen LogP contribution is 2.44. The molecule has 0 spiro atoms. The first kappa shape index (κ1) is 40.8. The second-order valence-corrected chi connectivity index (χ2v) is 18.0. The van der Waals surface area contributed by atoms with E-state index in [-0.39, 0.29) is 47.8 Å². The second kappa shape index (κ2) is 15.5. The van der Waals surface area contributed by atoms with Gasteiger partial charge in [0.1, 0.15) is 34.2 Å². The van der Waals surface area contributed by atoms with Gasteiger partial charge in [0.15, 0.2) is 11.6 Å². The Hall–Kier alpha value is -6.22. The Morgan fingerprint density at radius 1 is 0.762 bits per heavy atom. The van der Waals surface area contributed by atoms with Crippen molar-refractivity contribution in [3.05, 3.63) is 71.2 Å². The lowest BCUT2D eigenvalue weighted by molar-refractivity contribution is 0.0693. The normalized spacial score (nSPS) is 22.6. The Bertz CT molecular complexity index is 2810. The third-order valence-corrected chi connectivity index (χ3v) is 14.4. The molecular formula is C48H56N10O5. The number of carbonyl (C=O) groups is 2. The number of rotatable bonds is 11. The third-order valence-electron chi connectivity index (χ3n) is 14.4. The maximum Gasteiger partial charge on any atom is 0.254 e. The fourth-order valence-corrected chi connectivity index (χ4v) is 11.2. The molecule has 15 heteroatoms. The van der Waals surface area contributed by atoms with Gasteiger partial charge in [0.2, 0.25) is 0 Å². The van der Waals surface area contributed by atoms with E-state index in [0.717, 1.165) is 65.1 Å². The van der Waals surface area contributed by atoms with Crippen molar-refractivity contribution >= 4 is 39.7 Å². The summed E-state index contributed by atoms with van der Waals surface area (Å²) in [5.41, 5.74) is 14.1. The zero-order valence-electron chi connectivity index (χ0n) is 37.3. The number of methoxy groups -OCH3 is 3. The summed E-state index contributed by atoms with van der Waals surface area (Å²) >= 11 is 0. The maximum atomic E-state index is 14.5. The molecule has 6 atom stereocenters. The van der Waals surface area contributed by atoms with E-state index in [1.165, 1.54) is 0 Å². The van der Waals surface area contributed by atoms with E-state index in [4.69, 9.17) is 34.9 Å². The first-order chi connectivity index (χ1) is 30.4. The van der Waals surface area contributed by atoms with Crippen molar-refractivity contribution in [2.24, 2.45) is 31.7 Å². The molecule has 15 nitrogen and oxygen atoms in total. The number of nitrogens with one attached hydrogen (secondary N) is 1. The number of benzene rings is 2. The summed E-state index contributed by atoms with van der Waals surface area (Å²) in [5.74, 6) is 4.57. The van der Waals surface area contributed by atoms with Gasteiger partial charge in [-0.05, 0) is 92.3 Å². The van der Waals surface area contributed by atoms with Crippen molar-refractivity contribution in [1.29, 1.82) is 0 Å². The van der Waals surface area contributed by atoms with E-state index >= 15 is 0 Å². The Morgan fingerprint density at radius 3 is 1.89 bits per heavy atom. The van der Waals surface area contributed by atoms with E-state index < -0.39 is 0 Å². The van der Waals surface area contributed by atoms with Gasteiger partial charge in [0.05, 0.1) is 55.8 Å². The SMILES string of the molecule is CCc1nc(N[C@@H]2[C@@H]3CC[C@H]2N(C(=O)c2cc(OC)c4c(c2)nc(-c2cccnc2C(C)C)n4C)C3)c(OC)cc1-c1nc2cc(C(=O)N3C[C@H]4CC[C@@H]3[C@@H]4N)cc(OC)c2n1C. The Balaban J connectivity index is 0.931. The molecule has 2 aliphatic carbocycles. The summed E-state index contributed by atoms with van der Waals surface area (Å²) < 4.78 is 21.8. The van der Waals surface area contributed by atoms with Crippen LogP contribution in [0, 0.1) is 11.8 Å². The lowest BCUT2D eigenvalue weighted by atomic mass is 10.0. The van der Waals surface area contributed by atoms with Crippen LogP contribution >= 0.6 is 0 Å².